The van der Waals surface area contributed by atoms with Gasteiger partial charge in [-0.25, -0.2) is 0 Å². The molecule has 0 spiro atoms. The number of aromatic nitrogens is 1. The fourth-order valence-electron chi connectivity index (χ4n) is 14.0. The van der Waals surface area contributed by atoms with Crippen LogP contribution >= 0.6 is 0 Å². The summed E-state index contributed by atoms with van der Waals surface area (Å²) >= 11 is 0. The summed E-state index contributed by atoms with van der Waals surface area (Å²) in [6, 6.07) is 44.8. The number of anilines is 2. The van der Waals surface area contributed by atoms with Crippen LogP contribution in [0.1, 0.15) is 155 Å². The molecule has 0 bridgehead atoms. The molecule has 13 rings (SSSR count). The Kier molecular flexibility index (Phi) is 9.10. The van der Waals surface area contributed by atoms with Crippen molar-refractivity contribution in [1.29, 1.82) is 0 Å². The van der Waals surface area contributed by atoms with E-state index in [-0.39, 0.29) is 32.5 Å². The number of rotatable bonds is 4. The summed E-state index contributed by atoms with van der Waals surface area (Å²) in [6.45, 7) is 31.7. The van der Waals surface area contributed by atoms with Crippen LogP contribution in [0.2, 0.25) is 0 Å². The first-order valence-electron chi connectivity index (χ1n) is 26.5. The SMILES string of the molecule is CC(C)(C)c1ccc(Nc2cc3c(cc2-c2c4c(c5c6cc7c(cc6n6c5c2Bc2cc5occ(-c8ccccc8)c5cc2-6)C(C)(C)CCC7(C)C)-c2ccccc2C4(C)C)C(C)(C)CCC3(C)C)cc1. The molecule has 356 valence electrons. The average molecular weight is 929 g/mol. The third-order valence-electron chi connectivity index (χ3n) is 18.5. The quantitative estimate of drug-likeness (QED) is 0.178. The number of nitrogens with one attached hydrogen (secondary N) is 1. The number of furan rings is 1. The molecular weight excluding hydrogens is 860 g/mol. The molecule has 71 heavy (non-hydrogen) atoms. The summed E-state index contributed by atoms with van der Waals surface area (Å²) < 4.78 is 9.31. The Morgan fingerprint density at radius 3 is 1.83 bits per heavy atom. The highest BCUT2D eigenvalue weighted by atomic mass is 16.3. The fourth-order valence-corrected chi connectivity index (χ4v) is 14.0. The van der Waals surface area contributed by atoms with Crippen LogP contribution in [0.25, 0.3) is 71.8 Å². The van der Waals surface area contributed by atoms with E-state index in [9.17, 15) is 0 Å². The van der Waals surface area contributed by atoms with Crippen LogP contribution in [0.5, 0.6) is 0 Å². The number of hydrogen-bond donors (Lipinski definition) is 1. The van der Waals surface area contributed by atoms with Crippen molar-refractivity contribution in [1.82, 2.24) is 4.57 Å². The molecule has 0 atom stereocenters. The van der Waals surface area contributed by atoms with Crippen molar-refractivity contribution >= 4 is 62.4 Å². The lowest BCUT2D eigenvalue weighted by Gasteiger charge is -2.43. The maximum Gasteiger partial charge on any atom is 0.198 e. The minimum atomic E-state index is -0.290. The van der Waals surface area contributed by atoms with Gasteiger partial charge in [0.05, 0.1) is 11.8 Å². The van der Waals surface area contributed by atoms with E-state index < -0.39 is 0 Å². The van der Waals surface area contributed by atoms with Gasteiger partial charge in [-0.05, 0) is 168 Å². The van der Waals surface area contributed by atoms with Crippen molar-refractivity contribution in [3.8, 4) is 39.1 Å². The lowest BCUT2D eigenvalue weighted by molar-refractivity contribution is 0.332. The van der Waals surface area contributed by atoms with Crippen LogP contribution in [0, 0.1) is 0 Å². The van der Waals surface area contributed by atoms with E-state index in [1.165, 1.54) is 117 Å². The zero-order chi connectivity index (χ0) is 49.5. The van der Waals surface area contributed by atoms with Crippen LogP contribution in [-0.2, 0) is 32.5 Å². The molecule has 9 aromatic rings. The molecule has 3 aliphatic carbocycles. The summed E-state index contributed by atoms with van der Waals surface area (Å²) in [5.74, 6) is 0. The van der Waals surface area contributed by atoms with Gasteiger partial charge in [-0.3, -0.25) is 0 Å². The zero-order valence-corrected chi connectivity index (χ0v) is 44.4. The summed E-state index contributed by atoms with van der Waals surface area (Å²) in [4.78, 5) is 0. The molecule has 0 fully saturated rings. The predicted molar refractivity (Wildman–Crippen MR) is 304 cm³/mol. The summed E-state index contributed by atoms with van der Waals surface area (Å²) in [6.07, 6.45) is 6.62. The molecule has 0 unspecified atom stereocenters. The molecular formula is C67H69BN2O. The molecule has 4 heteroatoms. The predicted octanol–water partition coefficient (Wildman–Crippen LogP) is 16.6. The topological polar surface area (TPSA) is 30.1 Å². The second kappa shape index (κ2) is 14.5. The second-order valence-corrected chi connectivity index (χ2v) is 26.3. The van der Waals surface area contributed by atoms with Gasteiger partial charge in [0.15, 0.2) is 7.28 Å². The van der Waals surface area contributed by atoms with E-state index >= 15 is 0 Å². The Morgan fingerprint density at radius 2 is 1.17 bits per heavy atom. The highest BCUT2D eigenvalue weighted by Gasteiger charge is 2.46. The van der Waals surface area contributed by atoms with Gasteiger partial charge in [0, 0.05) is 55.3 Å². The Hall–Kier alpha value is -6.26. The first-order valence-corrected chi connectivity index (χ1v) is 26.5. The fraction of sp³-hybridized carbons (Fsp3) is 0.343. The van der Waals surface area contributed by atoms with E-state index in [0.29, 0.717) is 0 Å². The molecule has 0 amide bonds. The molecule has 3 heterocycles. The molecule has 1 aliphatic heterocycles. The van der Waals surface area contributed by atoms with E-state index in [2.05, 4.69) is 215 Å². The summed E-state index contributed by atoms with van der Waals surface area (Å²) in [5.41, 5.74) is 27.7. The summed E-state index contributed by atoms with van der Waals surface area (Å²) in [5, 5.41) is 8.09. The minimum absolute atomic E-state index is 0.0109. The van der Waals surface area contributed by atoms with Gasteiger partial charge in [0.25, 0.3) is 0 Å². The van der Waals surface area contributed by atoms with Crippen molar-refractivity contribution in [2.24, 2.45) is 0 Å². The van der Waals surface area contributed by atoms with Crippen molar-refractivity contribution < 1.29 is 4.42 Å². The smallest absolute Gasteiger partial charge is 0.198 e. The molecule has 1 N–H and O–H groups in total. The third-order valence-corrected chi connectivity index (χ3v) is 18.5. The molecule has 0 radical (unpaired) electrons. The second-order valence-electron chi connectivity index (χ2n) is 26.3. The van der Waals surface area contributed by atoms with Crippen LogP contribution in [0.15, 0.2) is 126 Å². The lowest BCUT2D eigenvalue weighted by atomic mass is 9.56. The largest absolute Gasteiger partial charge is 0.464 e. The van der Waals surface area contributed by atoms with Gasteiger partial charge in [-0.15, -0.1) is 0 Å². The zero-order valence-electron chi connectivity index (χ0n) is 44.4. The van der Waals surface area contributed by atoms with Gasteiger partial charge in [0.2, 0.25) is 0 Å². The maximum atomic E-state index is 6.59. The van der Waals surface area contributed by atoms with E-state index in [0.717, 1.165) is 48.8 Å². The van der Waals surface area contributed by atoms with Crippen molar-refractivity contribution in [3.63, 3.8) is 0 Å². The standard InChI is InChI=1S/C67H69BN2O/c1-62(2,3)39-23-25-40(26-24-39)69-52-34-49-47(63(4,5)27-29-65(49,8)9)31-43(52)58-59-56(41-21-17-18-22-46(41)67(59,12)13)57-44-32-48-50(66(10,11)30-28-64(48,6)7)35-53(44)70-54-33-42-45(38-19-15-14-16-20-38)37-71-55(42)36-51(54)68-60(58)61(57)70/h14-26,31-37,68-69H,27-30H2,1-13H3. The van der Waals surface area contributed by atoms with E-state index in [1.54, 1.807) is 0 Å². The number of benzene rings is 7. The Labute approximate surface area is 422 Å². The highest BCUT2D eigenvalue weighted by molar-refractivity contribution is 6.74. The highest BCUT2D eigenvalue weighted by Crippen LogP contribution is 2.59. The molecule has 3 nitrogen and oxygen atoms in total. The normalized spacial score (nSPS) is 18.4. The van der Waals surface area contributed by atoms with Crippen molar-refractivity contribution in [2.75, 3.05) is 5.32 Å². The average Bonchev–Trinajstić information content (AvgIpc) is 3.97. The van der Waals surface area contributed by atoms with Crippen LogP contribution in [0.4, 0.5) is 11.4 Å². The monoisotopic (exact) mass is 929 g/mol. The Morgan fingerprint density at radius 1 is 0.563 bits per heavy atom. The van der Waals surface area contributed by atoms with Crippen LogP contribution in [0.3, 0.4) is 0 Å². The first-order chi connectivity index (χ1) is 33.5. The van der Waals surface area contributed by atoms with Gasteiger partial charge < -0.3 is 14.3 Å². The number of nitrogens with zero attached hydrogens (tertiary/aromatic N) is 1. The van der Waals surface area contributed by atoms with Crippen molar-refractivity contribution in [3.05, 3.63) is 160 Å². The number of fused-ring (bicyclic) bond motifs is 12. The lowest BCUT2D eigenvalue weighted by Crippen LogP contribution is -2.39. The van der Waals surface area contributed by atoms with Crippen molar-refractivity contribution in [2.45, 2.75) is 148 Å². The maximum absolute atomic E-state index is 6.59. The van der Waals surface area contributed by atoms with Gasteiger partial charge in [0.1, 0.15) is 5.58 Å². The number of hydrogen-bond acceptors (Lipinski definition) is 2. The first kappa shape index (κ1) is 44.7. The van der Waals surface area contributed by atoms with Gasteiger partial charge in [-0.1, -0.05) is 162 Å². The molecule has 0 saturated carbocycles. The Bertz CT molecular complexity index is 3750. The minimum Gasteiger partial charge on any atom is -0.464 e. The van der Waals surface area contributed by atoms with Crippen LogP contribution < -0.4 is 16.2 Å². The van der Waals surface area contributed by atoms with E-state index in [4.69, 9.17) is 4.42 Å². The third kappa shape index (κ3) is 6.34. The molecule has 2 aromatic heterocycles. The summed E-state index contributed by atoms with van der Waals surface area (Å²) in [7, 11) is 0.789. The Balaban J connectivity index is 1.22. The van der Waals surface area contributed by atoms with Gasteiger partial charge in [-0.2, -0.15) is 0 Å². The van der Waals surface area contributed by atoms with E-state index in [1.807, 2.05) is 6.26 Å². The molecule has 7 aromatic carbocycles. The molecule has 4 aliphatic rings. The molecule has 0 saturated heterocycles. The van der Waals surface area contributed by atoms with Gasteiger partial charge >= 0.3 is 0 Å². The van der Waals surface area contributed by atoms with Crippen LogP contribution in [-0.4, -0.2) is 11.8 Å².